The van der Waals surface area contributed by atoms with E-state index in [0.717, 1.165) is 11.1 Å². The van der Waals surface area contributed by atoms with Crippen LogP contribution in [0.3, 0.4) is 0 Å². The molecule has 1 heterocycles. The highest BCUT2D eigenvalue weighted by atomic mass is 16.5. The number of hydrogen-bond acceptors (Lipinski definition) is 5. The summed E-state index contributed by atoms with van der Waals surface area (Å²) in [5, 5.41) is 5.07. The standard InChI is InChI=1S/C19H18N2O3/c1-12-4-6-15(7-5-12)21-20-13(2)17-11-14-10-16(23-3)8-9-18(14)24-19(17)22/h4-11,21H,1-3H3/b20-13+. The van der Waals surface area contributed by atoms with Gasteiger partial charge in [0.05, 0.1) is 24.1 Å². The molecule has 5 heteroatoms. The van der Waals surface area contributed by atoms with E-state index in [1.54, 1.807) is 32.2 Å². The van der Waals surface area contributed by atoms with Gasteiger partial charge in [0.15, 0.2) is 0 Å². The second-order valence-corrected chi connectivity index (χ2v) is 5.53. The lowest BCUT2D eigenvalue weighted by Crippen LogP contribution is -2.13. The van der Waals surface area contributed by atoms with E-state index in [4.69, 9.17) is 9.15 Å². The third kappa shape index (κ3) is 3.30. The lowest BCUT2D eigenvalue weighted by atomic mass is 10.1. The van der Waals surface area contributed by atoms with Crippen molar-refractivity contribution in [2.75, 3.05) is 12.5 Å². The smallest absolute Gasteiger partial charge is 0.345 e. The zero-order valence-electron chi connectivity index (χ0n) is 13.8. The predicted octanol–water partition coefficient (Wildman–Crippen LogP) is 3.95. The van der Waals surface area contributed by atoms with Crippen molar-refractivity contribution in [2.45, 2.75) is 13.8 Å². The van der Waals surface area contributed by atoms with Gasteiger partial charge < -0.3 is 9.15 Å². The van der Waals surface area contributed by atoms with Crippen LogP contribution in [0.25, 0.3) is 11.0 Å². The Labute approximate surface area is 139 Å². The van der Waals surface area contributed by atoms with Gasteiger partial charge in [-0.05, 0) is 50.2 Å². The molecule has 0 saturated carbocycles. The summed E-state index contributed by atoms with van der Waals surface area (Å²) in [6.45, 7) is 3.78. The zero-order chi connectivity index (χ0) is 17.1. The molecule has 1 N–H and O–H groups in total. The molecule has 0 amide bonds. The summed E-state index contributed by atoms with van der Waals surface area (Å²) < 4.78 is 10.6. The summed E-state index contributed by atoms with van der Waals surface area (Å²) in [5.74, 6) is 0.703. The molecule has 0 fully saturated rings. The van der Waals surface area contributed by atoms with Crippen LogP contribution < -0.4 is 15.8 Å². The Morgan fingerprint density at radius 1 is 1.12 bits per heavy atom. The van der Waals surface area contributed by atoms with Crippen LogP contribution in [0, 0.1) is 6.92 Å². The number of methoxy groups -OCH3 is 1. The summed E-state index contributed by atoms with van der Waals surface area (Å²) >= 11 is 0. The molecule has 0 atom stereocenters. The van der Waals surface area contributed by atoms with Crippen molar-refractivity contribution in [1.29, 1.82) is 0 Å². The van der Waals surface area contributed by atoms with E-state index < -0.39 is 5.63 Å². The number of anilines is 1. The first-order valence-electron chi connectivity index (χ1n) is 7.56. The van der Waals surface area contributed by atoms with Crippen molar-refractivity contribution in [3.05, 3.63) is 70.1 Å². The molecule has 0 radical (unpaired) electrons. The quantitative estimate of drug-likeness (QED) is 0.449. The third-order valence-electron chi connectivity index (χ3n) is 3.73. The molecule has 0 aliphatic carbocycles. The Hall–Kier alpha value is -3.08. The summed E-state index contributed by atoms with van der Waals surface area (Å²) in [5.41, 5.74) is 6.04. The molecule has 0 aliphatic heterocycles. The van der Waals surface area contributed by atoms with Crippen LogP contribution in [0.1, 0.15) is 18.1 Å². The average molecular weight is 322 g/mol. The highest BCUT2D eigenvalue weighted by Gasteiger charge is 2.09. The molecule has 3 rings (SSSR count). The number of nitrogens with one attached hydrogen (secondary N) is 1. The van der Waals surface area contributed by atoms with Crippen LogP contribution in [-0.4, -0.2) is 12.8 Å². The van der Waals surface area contributed by atoms with Gasteiger partial charge in [-0.1, -0.05) is 17.7 Å². The Morgan fingerprint density at radius 3 is 2.58 bits per heavy atom. The van der Waals surface area contributed by atoms with E-state index >= 15 is 0 Å². The fourth-order valence-electron chi connectivity index (χ4n) is 2.32. The molecule has 122 valence electrons. The van der Waals surface area contributed by atoms with Crippen molar-refractivity contribution in [3.8, 4) is 5.75 Å². The first-order valence-corrected chi connectivity index (χ1v) is 7.56. The molecule has 1 aromatic heterocycles. The maximum atomic E-state index is 12.2. The van der Waals surface area contributed by atoms with Crippen LogP contribution in [0.2, 0.25) is 0 Å². The molecule has 0 bridgehead atoms. The molecule has 24 heavy (non-hydrogen) atoms. The number of aryl methyl sites for hydroxylation is 1. The van der Waals surface area contributed by atoms with Gasteiger partial charge in [0.1, 0.15) is 11.3 Å². The first-order chi connectivity index (χ1) is 11.6. The molecule has 0 saturated heterocycles. The van der Waals surface area contributed by atoms with Crippen LogP contribution in [0.15, 0.2) is 62.8 Å². The van der Waals surface area contributed by atoms with Gasteiger partial charge in [-0.3, -0.25) is 5.43 Å². The number of hydrogen-bond donors (Lipinski definition) is 1. The lowest BCUT2D eigenvalue weighted by Gasteiger charge is -2.05. The predicted molar refractivity (Wildman–Crippen MR) is 96.0 cm³/mol. The second-order valence-electron chi connectivity index (χ2n) is 5.53. The largest absolute Gasteiger partial charge is 0.497 e. The SMILES string of the molecule is COc1ccc2oc(=O)c(/C(C)=N/Nc3ccc(C)cc3)cc2c1. The van der Waals surface area contributed by atoms with E-state index in [9.17, 15) is 4.79 Å². The Balaban J connectivity index is 1.94. The minimum atomic E-state index is -0.417. The van der Waals surface area contributed by atoms with Gasteiger partial charge in [0.25, 0.3) is 0 Å². The fourth-order valence-corrected chi connectivity index (χ4v) is 2.32. The fraction of sp³-hybridized carbons (Fsp3) is 0.158. The van der Waals surface area contributed by atoms with Crippen molar-refractivity contribution in [2.24, 2.45) is 5.10 Å². The molecular formula is C19H18N2O3. The summed E-state index contributed by atoms with van der Waals surface area (Å²) in [6.07, 6.45) is 0. The van der Waals surface area contributed by atoms with E-state index in [2.05, 4.69) is 10.5 Å². The summed E-state index contributed by atoms with van der Waals surface area (Å²) in [6, 6.07) is 14.9. The van der Waals surface area contributed by atoms with E-state index in [1.807, 2.05) is 37.3 Å². The monoisotopic (exact) mass is 322 g/mol. The van der Waals surface area contributed by atoms with E-state index in [1.165, 1.54) is 5.56 Å². The summed E-state index contributed by atoms with van der Waals surface area (Å²) in [7, 11) is 1.60. The normalized spacial score (nSPS) is 11.5. The number of ether oxygens (including phenoxy) is 1. The molecule has 3 aromatic rings. The van der Waals surface area contributed by atoms with Gasteiger partial charge in [-0.25, -0.2) is 4.79 Å². The van der Waals surface area contributed by atoms with Gasteiger partial charge in [-0.15, -0.1) is 0 Å². The number of rotatable bonds is 4. The maximum absolute atomic E-state index is 12.2. The number of fused-ring (bicyclic) bond motifs is 1. The maximum Gasteiger partial charge on any atom is 0.345 e. The molecule has 0 spiro atoms. The molecule has 2 aromatic carbocycles. The van der Waals surface area contributed by atoms with Gasteiger partial charge in [0, 0.05) is 5.39 Å². The van der Waals surface area contributed by atoms with Crippen molar-refractivity contribution in [3.63, 3.8) is 0 Å². The molecule has 0 unspecified atom stereocenters. The van der Waals surface area contributed by atoms with E-state index in [-0.39, 0.29) is 0 Å². The zero-order valence-corrected chi connectivity index (χ0v) is 13.8. The van der Waals surface area contributed by atoms with Crippen molar-refractivity contribution in [1.82, 2.24) is 0 Å². The Kier molecular flexibility index (Phi) is 4.33. The van der Waals surface area contributed by atoms with Gasteiger partial charge in [0.2, 0.25) is 0 Å². The topological polar surface area (TPSA) is 63.8 Å². The molecule has 5 nitrogen and oxygen atoms in total. The van der Waals surface area contributed by atoms with Crippen LogP contribution in [-0.2, 0) is 0 Å². The van der Waals surface area contributed by atoms with Crippen molar-refractivity contribution >= 4 is 22.4 Å². The van der Waals surface area contributed by atoms with Crippen LogP contribution in [0.4, 0.5) is 5.69 Å². The third-order valence-corrected chi connectivity index (χ3v) is 3.73. The minimum Gasteiger partial charge on any atom is -0.497 e. The van der Waals surface area contributed by atoms with Gasteiger partial charge >= 0.3 is 5.63 Å². The summed E-state index contributed by atoms with van der Waals surface area (Å²) in [4.78, 5) is 12.2. The number of hydrazone groups is 1. The molecular weight excluding hydrogens is 304 g/mol. The Bertz CT molecular complexity index is 957. The van der Waals surface area contributed by atoms with Crippen molar-refractivity contribution < 1.29 is 9.15 Å². The van der Waals surface area contributed by atoms with Crippen LogP contribution in [0.5, 0.6) is 5.75 Å². The first kappa shape index (κ1) is 15.8. The van der Waals surface area contributed by atoms with Gasteiger partial charge in [-0.2, -0.15) is 5.10 Å². The number of nitrogens with zero attached hydrogens (tertiary/aromatic N) is 1. The lowest BCUT2D eigenvalue weighted by molar-refractivity contribution is 0.415. The minimum absolute atomic E-state index is 0.412. The van der Waals surface area contributed by atoms with Crippen LogP contribution >= 0.6 is 0 Å². The second kappa shape index (κ2) is 6.58. The van der Waals surface area contributed by atoms with E-state index in [0.29, 0.717) is 22.6 Å². The Morgan fingerprint density at radius 2 is 1.88 bits per heavy atom. The molecule has 0 aliphatic rings. The number of benzene rings is 2. The highest BCUT2D eigenvalue weighted by Crippen LogP contribution is 2.20. The highest BCUT2D eigenvalue weighted by molar-refractivity contribution is 6.00. The average Bonchev–Trinajstić information content (AvgIpc) is 2.60.